The van der Waals surface area contributed by atoms with Crippen molar-refractivity contribution in [1.82, 2.24) is 15.5 Å². The summed E-state index contributed by atoms with van der Waals surface area (Å²) in [6.45, 7) is 3.76. The number of carbonyl (C=O) groups excluding carboxylic acids is 1. The van der Waals surface area contributed by atoms with Gasteiger partial charge in [0, 0.05) is 6.07 Å². The largest absolute Gasteiger partial charge is 0.463 e. The van der Waals surface area contributed by atoms with Gasteiger partial charge in [-0.3, -0.25) is 9.89 Å². The van der Waals surface area contributed by atoms with E-state index in [0.29, 0.717) is 11.5 Å². The standard InChI is InChI=1S/C13H17N3O3/c1-8(2)11(7-17)14-13(18)10-6-9(15-16-10)12-4-3-5-19-12/h3-6,8,11,17H,7H2,1-2H3,(H,14,18)(H,15,16)/t11-/m0/s1. The first kappa shape index (κ1) is 13.4. The maximum Gasteiger partial charge on any atom is 0.272 e. The predicted molar refractivity (Wildman–Crippen MR) is 69.5 cm³/mol. The van der Waals surface area contributed by atoms with E-state index in [1.807, 2.05) is 13.8 Å². The summed E-state index contributed by atoms with van der Waals surface area (Å²) >= 11 is 0. The van der Waals surface area contributed by atoms with Crippen molar-refractivity contribution in [2.45, 2.75) is 19.9 Å². The van der Waals surface area contributed by atoms with Crippen molar-refractivity contribution in [3.05, 3.63) is 30.2 Å². The Hall–Kier alpha value is -2.08. The monoisotopic (exact) mass is 263 g/mol. The Labute approximate surface area is 110 Å². The number of amides is 1. The lowest BCUT2D eigenvalue weighted by molar-refractivity contribution is 0.0892. The van der Waals surface area contributed by atoms with Gasteiger partial charge in [-0.25, -0.2) is 0 Å². The lowest BCUT2D eigenvalue weighted by Crippen LogP contribution is -2.41. The fourth-order valence-electron chi connectivity index (χ4n) is 1.66. The minimum Gasteiger partial charge on any atom is -0.463 e. The predicted octanol–water partition coefficient (Wildman–Crippen LogP) is 1.42. The smallest absolute Gasteiger partial charge is 0.272 e. The lowest BCUT2D eigenvalue weighted by atomic mass is 10.1. The van der Waals surface area contributed by atoms with Gasteiger partial charge in [0.2, 0.25) is 0 Å². The zero-order valence-electron chi connectivity index (χ0n) is 10.9. The Bertz CT molecular complexity index is 531. The van der Waals surface area contributed by atoms with Crippen LogP contribution >= 0.6 is 0 Å². The van der Waals surface area contributed by atoms with E-state index in [9.17, 15) is 9.90 Å². The molecule has 19 heavy (non-hydrogen) atoms. The van der Waals surface area contributed by atoms with E-state index in [2.05, 4.69) is 15.5 Å². The third-order valence-corrected chi connectivity index (χ3v) is 2.92. The third kappa shape index (κ3) is 3.03. The molecule has 6 heteroatoms. The Kier molecular flexibility index (Phi) is 4.01. The van der Waals surface area contributed by atoms with E-state index in [1.54, 1.807) is 24.5 Å². The maximum atomic E-state index is 12.0. The molecule has 0 aliphatic rings. The summed E-state index contributed by atoms with van der Waals surface area (Å²) in [5.41, 5.74) is 0.908. The van der Waals surface area contributed by atoms with Gasteiger partial charge in [0.1, 0.15) is 5.69 Å². The highest BCUT2D eigenvalue weighted by molar-refractivity contribution is 5.93. The van der Waals surface area contributed by atoms with Gasteiger partial charge < -0.3 is 14.8 Å². The third-order valence-electron chi connectivity index (χ3n) is 2.92. The van der Waals surface area contributed by atoms with Crippen LogP contribution in [0.3, 0.4) is 0 Å². The summed E-state index contributed by atoms with van der Waals surface area (Å²) in [7, 11) is 0. The van der Waals surface area contributed by atoms with Crippen LogP contribution in [0.25, 0.3) is 11.5 Å². The molecular formula is C13H17N3O3. The molecule has 6 nitrogen and oxygen atoms in total. The number of hydrogen-bond acceptors (Lipinski definition) is 4. The second kappa shape index (κ2) is 5.71. The first-order valence-corrected chi connectivity index (χ1v) is 6.13. The van der Waals surface area contributed by atoms with Crippen molar-refractivity contribution in [2.75, 3.05) is 6.61 Å². The number of nitrogens with zero attached hydrogens (tertiary/aromatic N) is 1. The molecule has 2 aromatic rings. The van der Waals surface area contributed by atoms with Gasteiger partial charge in [0.15, 0.2) is 11.5 Å². The van der Waals surface area contributed by atoms with Crippen LogP contribution < -0.4 is 5.32 Å². The number of nitrogens with one attached hydrogen (secondary N) is 2. The van der Waals surface area contributed by atoms with Gasteiger partial charge >= 0.3 is 0 Å². The zero-order valence-corrected chi connectivity index (χ0v) is 10.9. The highest BCUT2D eigenvalue weighted by atomic mass is 16.3. The Balaban J connectivity index is 2.08. The SMILES string of the molecule is CC(C)[C@H](CO)NC(=O)c1cc(-c2ccco2)[nH]n1. The van der Waals surface area contributed by atoms with Crippen LogP contribution in [0.2, 0.25) is 0 Å². The number of furan rings is 1. The molecule has 0 aliphatic heterocycles. The normalized spacial score (nSPS) is 12.6. The average molecular weight is 263 g/mol. The first-order valence-electron chi connectivity index (χ1n) is 6.13. The topological polar surface area (TPSA) is 91.1 Å². The van der Waals surface area contributed by atoms with Crippen LogP contribution in [-0.2, 0) is 0 Å². The quantitative estimate of drug-likeness (QED) is 0.760. The number of aromatic nitrogens is 2. The lowest BCUT2D eigenvalue weighted by Gasteiger charge is -2.18. The van der Waals surface area contributed by atoms with Crippen molar-refractivity contribution >= 4 is 5.91 Å². The second-order valence-electron chi connectivity index (χ2n) is 4.65. The Morgan fingerprint density at radius 1 is 1.58 bits per heavy atom. The minimum absolute atomic E-state index is 0.0983. The molecule has 0 bridgehead atoms. The minimum atomic E-state index is -0.318. The molecule has 2 heterocycles. The molecule has 102 valence electrons. The highest BCUT2D eigenvalue weighted by Crippen LogP contribution is 2.17. The average Bonchev–Trinajstić information content (AvgIpc) is 3.04. The summed E-state index contributed by atoms with van der Waals surface area (Å²) in [6.07, 6.45) is 1.55. The Morgan fingerprint density at radius 3 is 2.95 bits per heavy atom. The van der Waals surface area contributed by atoms with Crippen LogP contribution in [0.5, 0.6) is 0 Å². The van der Waals surface area contributed by atoms with Crippen LogP contribution in [0.15, 0.2) is 28.9 Å². The summed E-state index contributed by atoms with van der Waals surface area (Å²) in [4.78, 5) is 12.0. The van der Waals surface area contributed by atoms with Crippen LogP contribution in [-0.4, -0.2) is 33.9 Å². The molecule has 0 unspecified atom stereocenters. The highest BCUT2D eigenvalue weighted by Gasteiger charge is 2.18. The Morgan fingerprint density at radius 2 is 2.37 bits per heavy atom. The molecule has 0 spiro atoms. The van der Waals surface area contributed by atoms with Crippen LogP contribution in [0, 0.1) is 5.92 Å². The molecule has 0 fully saturated rings. The fourth-order valence-corrected chi connectivity index (χ4v) is 1.66. The number of aliphatic hydroxyl groups excluding tert-OH is 1. The summed E-state index contributed by atoms with van der Waals surface area (Å²) in [5, 5.41) is 18.6. The molecule has 2 aromatic heterocycles. The molecular weight excluding hydrogens is 246 g/mol. The number of rotatable bonds is 5. The molecule has 0 aliphatic carbocycles. The van der Waals surface area contributed by atoms with E-state index in [1.165, 1.54) is 0 Å². The van der Waals surface area contributed by atoms with Gasteiger partial charge in [0.05, 0.1) is 18.9 Å². The molecule has 0 saturated heterocycles. The van der Waals surface area contributed by atoms with Crippen molar-refractivity contribution in [3.8, 4) is 11.5 Å². The van der Waals surface area contributed by atoms with E-state index < -0.39 is 0 Å². The van der Waals surface area contributed by atoms with Gasteiger partial charge in [-0.2, -0.15) is 5.10 Å². The van der Waals surface area contributed by atoms with Gasteiger partial charge in [-0.05, 0) is 18.1 Å². The van der Waals surface area contributed by atoms with Crippen molar-refractivity contribution in [3.63, 3.8) is 0 Å². The van der Waals surface area contributed by atoms with E-state index in [-0.39, 0.29) is 30.2 Å². The second-order valence-corrected chi connectivity index (χ2v) is 4.65. The van der Waals surface area contributed by atoms with E-state index >= 15 is 0 Å². The number of aliphatic hydroxyl groups is 1. The van der Waals surface area contributed by atoms with E-state index in [4.69, 9.17) is 4.42 Å². The molecule has 1 atom stereocenters. The molecule has 0 aromatic carbocycles. The van der Waals surface area contributed by atoms with Crippen LogP contribution in [0.1, 0.15) is 24.3 Å². The molecule has 0 radical (unpaired) electrons. The van der Waals surface area contributed by atoms with Crippen molar-refractivity contribution in [1.29, 1.82) is 0 Å². The maximum absolute atomic E-state index is 12.0. The van der Waals surface area contributed by atoms with Crippen molar-refractivity contribution < 1.29 is 14.3 Å². The van der Waals surface area contributed by atoms with E-state index in [0.717, 1.165) is 0 Å². The number of aromatic amines is 1. The molecule has 2 rings (SSSR count). The molecule has 0 saturated carbocycles. The van der Waals surface area contributed by atoms with Gasteiger partial charge in [-0.15, -0.1) is 0 Å². The number of carbonyl (C=O) groups is 1. The summed E-state index contributed by atoms with van der Waals surface area (Å²) in [6, 6.07) is 4.87. The van der Waals surface area contributed by atoms with Gasteiger partial charge in [-0.1, -0.05) is 13.8 Å². The van der Waals surface area contributed by atoms with Crippen LogP contribution in [0.4, 0.5) is 0 Å². The fraction of sp³-hybridized carbons (Fsp3) is 0.385. The van der Waals surface area contributed by atoms with Gasteiger partial charge in [0.25, 0.3) is 5.91 Å². The molecule has 3 N–H and O–H groups in total. The number of hydrogen-bond donors (Lipinski definition) is 3. The summed E-state index contributed by atoms with van der Waals surface area (Å²) in [5.74, 6) is 0.452. The molecule has 1 amide bonds. The summed E-state index contributed by atoms with van der Waals surface area (Å²) < 4.78 is 5.21. The zero-order chi connectivity index (χ0) is 13.8. The number of H-pyrrole nitrogens is 1. The van der Waals surface area contributed by atoms with Crippen molar-refractivity contribution in [2.24, 2.45) is 5.92 Å². The first-order chi connectivity index (χ1) is 9.11.